The summed E-state index contributed by atoms with van der Waals surface area (Å²) in [5.41, 5.74) is 0. The van der Waals surface area contributed by atoms with E-state index < -0.39 is 9.28 Å². The van der Waals surface area contributed by atoms with Crippen molar-refractivity contribution < 1.29 is 18.4 Å². The molecule has 0 N–H and O–H groups in total. The van der Waals surface area contributed by atoms with Gasteiger partial charge in [0.15, 0.2) is 0 Å². The molecule has 0 amide bonds. The monoisotopic (exact) mass is 273 g/mol. The molecule has 0 aromatic rings. The number of carbonyl (C=O) groups excluding carboxylic acids is 1. The average Bonchev–Trinajstić information content (AvgIpc) is 2.40. The Morgan fingerprint density at radius 1 is 1.11 bits per heavy atom. The predicted molar refractivity (Wildman–Crippen MR) is 73.4 cm³/mol. The van der Waals surface area contributed by atoms with Crippen molar-refractivity contribution in [3.05, 3.63) is 12.7 Å². The van der Waals surface area contributed by atoms with Crippen LogP contribution in [0.3, 0.4) is 0 Å². The molecule has 0 aliphatic carbocycles. The van der Waals surface area contributed by atoms with Crippen LogP contribution in [-0.4, -0.2) is 35.1 Å². The molecule has 0 spiro atoms. The van der Waals surface area contributed by atoms with Gasteiger partial charge in [-0.25, -0.2) is 4.79 Å². The second kappa shape index (κ2) is 12.8. The van der Waals surface area contributed by atoms with Gasteiger partial charge >= 0.3 is 15.3 Å². The number of unbranched alkanes of at least 4 members (excludes halogenated alkanes) is 1. The molecule has 0 saturated heterocycles. The number of hydrogen-bond donors (Lipinski definition) is 0. The Kier molecular flexibility index (Phi) is 12.3. The molecule has 0 aliphatic heterocycles. The second-order valence-corrected chi connectivity index (χ2v) is 5.72. The van der Waals surface area contributed by atoms with Crippen LogP contribution in [0.5, 0.6) is 0 Å². The van der Waals surface area contributed by atoms with E-state index in [0.29, 0.717) is 6.61 Å². The van der Waals surface area contributed by atoms with Gasteiger partial charge < -0.3 is 13.6 Å². The molecule has 0 rings (SSSR count). The first kappa shape index (κ1) is 17.3. The van der Waals surface area contributed by atoms with Crippen molar-refractivity contribution in [2.75, 3.05) is 19.8 Å². The lowest BCUT2D eigenvalue weighted by atomic mass is 10.4. The molecule has 1 radical (unpaired) electrons. The van der Waals surface area contributed by atoms with Crippen molar-refractivity contribution in [2.24, 2.45) is 0 Å². The van der Waals surface area contributed by atoms with Gasteiger partial charge in [0.1, 0.15) is 0 Å². The second-order valence-electron chi connectivity index (χ2n) is 3.90. The standard InChI is InChI=1S/C13H25O4Si/c1-4-9-16-18(17-10-5-2)12-8-7-11-15-13(14)6-3/h6H,3-5,7-12H2,1-2H3. The first-order chi connectivity index (χ1) is 8.74. The Morgan fingerprint density at radius 2 is 1.72 bits per heavy atom. The van der Waals surface area contributed by atoms with Gasteiger partial charge in [-0.1, -0.05) is 20.4 Å². The number of carbonyl (C=O) groups is 1. The normalized spacial score (nSPS) is 10.6. The lowest BCUT2D eigenvalue weighted by Gasteiger charge is -2.14. The third-order valence-electron chi connectivity index (χ3n) is 2.12. The zero-order chi connectivity index (χ0) is 13.6. The Morgan fingerprint density at radius 3 is 2.22 bits per heavy atom. The van der Waals surface area contributed by atoms with E-state index in [9.17, 15) is 4.79 Å². The van der Waals surface area contributed by atoms with Crippen molar-refractivity contribution in [3.63, 3.8) is 0 Å². The highest BCUT2D eigenvalue weighted by Crippen LogP contribution is 2.06. The SMILES string of the molecule is C=CC(=O)OCCCC[Si](OCCC)OCCC. The quantitative estimate of drug-likeness (QED) is 0.237. The Balaban J connectivity index is 3.60. The summed E-state index contributed by atoms with van der Waals surface area (Å²) in [6.45, 7) is 9.51. The summed E-state index contributed by atoms with van der Waals surface area (Å²) in [4.78, 5) is 10.8. The Labute approximate surface area is 112 Å². The van der Waals surface area contributed by atoms with Crippen molar-refractivity contribution in [2.45, 2.75) is 45.6 Å². The van der Waals surface area contributed by atoms with Crippen molar-refractivity contribution >= 4 is 15.3 Å². The van der Waals surface area contributed by atoms with E-state index in [2.05, 4.69) is 20.4 Å². The first-order valence-corrected chi connectivity index (χ1v) is 8.17. The molecule has 0 bridgehead atoms. The maximum atomic E-state index is 10.8. The number of rotatable bonds is 12. The lowest BCUT2D eigenvalue weighted by Crippen LogP contribution is -2.23. The summed E-state index contributed by atoms with van der Waals surface area (Å²) in [6.07, 6.45) is 5.02. The molecule has 5 heteroatoms. The number of hydrogen-bond acceptors (Lipinski definition) is 4. The van der Waals surface area contributed by atoms with E-state index in [4.69, 9.17) is 13.6 Å². The van der Waals surface area contributed by atoms with Crippen LogP contribution >= 0.6 is 0 Å². The van der Waals surface area contributed by atoms with Gasteiger partial charge in [0.2, 0.25) is 0 Å². The largest absolute Gasteiger partial charge is 0.463 e. The summed E-state index contributed by atoms with van der Waals surface area (Å²) in [5.74, 6) is -0.356. The molecule has 18 heavy (non-hydrogen) atoms. The zero-order valence-electron chi connectivity index (χ0n) is 11.6. The van der Waals surface area contributed by atoms with Crippen molar-refractivity contribution in [3.8, 4) is 0 Å². The Hall–Kier alpha value is -0.653. The van der Waals surface area contributed by atoms with Crippen LogP contribution < -0.4 is 0 Å². The van der Waals surface area contributed by atoms with Gasteiger partial charge in [-0.15, -0.1) is 0 Å². The number of esters is 1. The van der Waals surface area contributed by atoms with Crippen LogP contribution in [0.25, 0.3) is 0 Å². The molecule has 0 saturated carbocycles. The van der Waals surface area contributed by atoms with Gasteiger partial charge in [-0.3, -0.25) is 0 Å². The van der Waals surface area contributed by atoms with E-state index in [1.165, 1.54) is 6.08 Å². The lowest BCUT2D eigenvalue weighted by molar-refractivity contribution is -0.137. The highest BCUT2D eigenvalue weighted by molar-refractivity contribution is 6.44. The van der Waals surface area contributed by atoms with E-state index in [0.717, 1.165) is 44.9 Å². The minimum atomic E-state index is -1.14. The van der Waals surface area contributed by atoms with Crippen LogP contribution in [-0.2, 0) is 18.4 Å². The molecule has 0 aliphatic rings. The average molecular weight is 273 g/mol. The molecule has 0 unspecified atom stereocenters. The highest BCUT2D eigenvalue weighted by atomic mass is 28.3. The number of ether oxygens (including phenoxy) is 1. The molecule has 0 atom stereocenters. The van der Waals surface area contributed by atoms with Crippen LogP contribution in [0.4, 0.5) is 0 Å². The van der Waals surface area contributed by atoms with E-state index in [1.54, 1.807) is 0 Å². The third kappa shape index (κ3) is 10.5. The summed E-state index contributed by atoms with van der Waals surface area (Å²) in [5, 5.41) is 0. The van der Waals surface area contributed by atoms with Gasteiger partial charge in [0.25, 0.3) is 0 Å². The maximum Gasteiger partial charge on any atom is 0.384 e. The molecule has 0 aromatic carbocycles. The van der Waals surface area contributed by atoms with Crippen LogP contribution in [0.15, 0.2) is 12.7 Å². The van der Waals surface area contributed by atoms with Crippen LogP contribution in [0, 0.1) is 0 Å². The van der Waals surface area contributed by atoms with Crippen LogP contribution in [0.2, 0.25) is 6.04 Å². The molecule has 0 aromatic heterocycles. The molecule has 105 valence electrons. The van der Waals surface area contributed by atoms with Crippen molar-refractivity contribution in [1.29, 1.82) is 0 Å². The third-order valence-corrected chi connectivity index (χ3v) is 3.93. The topological polar surface area (TPSA) is 44.8 Å². The maximum absolute atomic E-state index is 10.8. The highest BCUT2D eigenvalue weighted by Gasteiger charge is 2.14. The van der Waals surface area contributed by atoms with Gasteiger partial charge in [-0.05, 0) is 31.7 Å². The van der Waals surface area contributed by atoms with Gasteiger partial charge in [0.05, 0.1) is 6.61 Å². The van der Waals surface area contributed by atoms with E-state index >= 15 is 0 Å². The molecule has 0 fully saturated rings. The van der Waals surface area contributed by atoms with Gasteiger partial charge in [-0.2, -0.15) is 0 Å². The molecular weight excluding hydrogens is 248 g/mol. The summed E-state index contributed by atoms with van der Waals surface area (Å²) in [6, 6.07) is 0.941. The first-order valence-electron chi connectivity index (χ1n) is 6.65. The molecular formula is C13H25O4Si. The smallest absolute Gasteiger partial charge is 0.384 e. The van der Waals surface area contributed by atoms with Crippen LogP contribution in [0.1, 0.15) is 39.5 Å². The Bertz CT molecular complexity index is 213. The zero-order valence-corrected chi connectivity index (χ0v) is 12.6. The minimum absolute atomic E-state index is 0.356. The van der Waals surface area contributed by atoms with Crippen molar-refractivity contribution in [1.82, 2.24) is 0 Å². The minimum Gasteiger partial charge on any atom is -0.463 e. The molecule has 0 heterocycles. The van der Waals surface area contributed by atoms with Gasteiger partial charge in [0, 0.05) is 19.3 Å². The summed E-state index contributed by atoms with van der Waals surface area (Å²) in [7, 11) is -1.14. The fourth-order valence-electron chi connectivity index (χ4n) is 1.22. The summed E-state index contributed by atoms with van der Waals surface area (Å²) >= 11 is 0. The molecule has 4 nitrogen and oxygen atoms in total. The summed E-state index contributed by atoms with van der Waals surface area (Å²) < 4.78 is 16.3. The van der Waals surface area contributed by atoms with E-state index in [1.807, 2.05) is 0 Å². The fourth-order valence-corrected chi connectivity index (χ4v) is 3.00. The predicted octanol–water partition coefficient (Wildman–Crippen LogP) is 2.84. The fraction of sp³-hybridized carbons (Fsp3) is 0.769. The van der Waals surface area contributed by atoms with E-state index in [-0.39, 0.29) is 5.97 Å².